The van der Waals surface area contributed by atoms with E-state index in [0.29, 0.717) is 25.8 Å². The van der Waals surface area contributed by atoms with Crippen LogP contribution in [0.2, 0.25) is 0 Å². The van der Waals surface area contributed by atoms with Crippen molar-refractivity contribution in [2.75, 3.05) is 48.0 Å². The number of likely N-dealkylation sites (N-methyl/N-ethyl adjacent to an activating group) is 1. The van der Waals surface area contributed by atoms with Crippen LogP contribution in [0, 0.1) is 17.8 Å². The lowest BCUT2D eigenvalue weighted by Crippen LogP contribution is -2.60. The number of methoxy groups -OCH3 is 3. The lowest BCUT2D eigenvalue weighted by Gasteiger charge is -2.41. The lowest BCUT2D eigenvalue weighted by atomic mass is 9.89. The molecule has 2 aliphatic rings. The zero-order valence-corrected chi connectivity index (χ0v) is 37.7. The van der Waals surface area contributed by atoms with Crippen LogP contribution >= 0.6 is 0 Å². The molecular weight excluding hydrogens is 778 g/mol. The zero-order chi connectivity index (χ0) is 45.1. The van der Waals surface area contributed by atoms with Gasteiger partial charge in [-0.1, -0.05) is 71.4 Å². The van der Waals surface area contributed by atoms with Gasteiger partial charge in [0.1, 0.15) is 17.7 Å². The zero-order valence-electron chi connectivity index (χ0n) is 37.7. The fraction of sp³-hybridized carbons (Fsp3) is 0.727. The second kappa shape index (κ2) is 22.0. The Kier molecular flexibility index (Phi) is 18.3. The van der Waals surface area contributed by atoms with Gasteiger partial charge < -0.3 is 44.3 Å². The van der Waals surface area contributed by atoms with Crippen molar-refractivity contribution in [3.8, 4) is 0 Å². The van der Waals surface area contributed by atoms with Crippen LogP contribution in [0.5, 0.6) is 0 Å². The Morgan fingerprint density at radius 3 is 2.17 bits per heavy atom. The van der Waals surface area contributed by atoms with Crippen molar-refractivity contribution in [2.24, 2.45) is 17.8 Å². The molecule has 0 spiro atoms. The van der Waals surface area contributed by atoms with Gasteiger partial charge in [-0.25, -0.2) is 14.0 Å². The Balaban J connectivity index is 1.76. The number of nitrogens with one attached hydrogen (secondary N) is 2. The van der Waals surface area contributed by atoms with Gasteiger partial charge in [-0.15, -0.1) is 0 Å². The van der Waals surface area contributed by atoms with E-state index < -0.39 is 95.8 Å². The van der Waals surface area contributed by atoms with Gasteiger partial charge in [0.25, 0.3) is 5.91 Å². The third-order valence-corrected chi connectivity index (χ3v) is 11.8. The quantitative estimate of drug-likeness (QED) is 0.191. The van der Waals surface area contributed by atoms with Crippen LogP contribution < -0.4 is 10.6 Å². The number of ether oxygens (including phenoxy) is 4. The van der Waals surface area contributed by atoms with Crippen molar-refractivity contribution >= 4 is 35.7 Å². The molecule has 1 aromatic carbocycles. The number of alkyl halides is 1. The molecule has 1 aromatic rings. The summed E-state index contributed by atoms with van der Waals surface area (Å²) < 4.78 is 38.4. The van der Waals surface area contributed by atoms with Crippen molar-refractivity contribution < 1.29 is 52.1 Å². The van der Waals surface area contributed by atoms with Gasteiger partial charge >= 0.3 is 12.1 Å². The third-order valence-electron chi connectivity index (χ3n) is 11.8. The number of nitrogens with zero attached hydrogens (tertiary/aromatic N) is 3. The first kappa shape index (κ1) is 50.0. The van der Waals surface area contributed by atoms with E-state index in [9.17, 15) is 28.8 Å². The summed E-state index contributed by atoms with van der Waals surface area (Å²) in [7, 11) is 5.84. The van der Waals surface area contributed by atoms with Crippen molar-refractivity contribution in [2.45, 2.75) is 142 Å². The molecule has 2 saturated heterocycles. The molecule has 3 rings (SSSR count). The van der Waals surface area contributed by atoms with Crippen LogP contribution in [0.1, 0.15) is 93.1 Å². The number of rotatable bonds is 19. The smallest absolute Gasteiger partial charge is 0.410 e. The number of amides is 5. The average Bonchev–Trinajstić information content (AvgIpc) is 3.86. The van der Waals surface area contributed by atoms with Crippen LogP contribution in [0.3, 0.4) is 0 Å². The molecule has 338 valence electrons. The number of esters is 1. The molecule has 9 atom stereocenters. The predicted molar refractivity (Wildman–Crippen MR) is 223 cm³/mol. The monoisotopic (exact) mass is 848 g/mol. The molecule has 60 heavy (non-hydrogen) atoms. The number of hydrogen-bond donors (Lipinski definition) is 2. The van der Waals surface area contributed by atoms with Crippen LogP contribution in [0.15, 0.2) is 30.3 Å². The van der Waals surface area contributed by atoms with E-state index in [1.165, 1.54) is 26.2 Å². The maximum atomic E-state index is 16.1. The van der Waals surface area contributed by atoms with Gasteiger partial charge in [-0.3, -0.25) is 19.2 Å². The second-order valence-electron chi connectivity index (χ2n) is 17.7. The van der Waals surface area contributed by atoms with E-state index in [0.717, 1.165) is 10.5 Å². The highest BCUT2D eigenvalue weighted by Gasteiger charge is 2.49. The van der Waals surface area contributed by atoms with Crippen LogP contribution in [-0.4, -0.2) is 146 Å². The molecular formula is C44H70FN5O10. The fourth-order valence-electron chi connectivity index (χ4n) is 8.24. The molecule has 0 saturated carbocycles. The summed E-state index contributed by atoms with van der Waals surface area (Å²) in [6, 6.07) is 6.17. The SMILES string of the molecule is CC[C@H](C)[C@@H]([C@@H](CC(=O)N1CCC[C@H]1[C@H](OC)C(C)C(=O)N[C@@H](Cc1ccccc1)C(=O)OC)OC)N(C)C(=O)[C@@H](NC(=O)[C@]1(F)CCN(C(=O)OC(C)(C)C)C1)C(C)C. The molecule has 0 bridgehead atoms. The highest BCUT2D eigenvalue weighted by Crippen LogP contribution is 2.31. The molecule has 1 unspecified atom stereocenters. The number of benzene rings is 1. The first-order chi connectivity index (χ1) is 28.1. The molecule has 15 nitrogen and oxygen atoms in total. The lowest BCUT2D eigenvalue weighted by molar-refractivity contribution is -0.149. The van der Waals surface area contributed by atoms with Gasteiger partial charge in [-0.2, -0.15) is 0 Å². The minimum absolute atomic E-state index is 0.0155. The van der Waals surface area contributed by atoms with Gasteiger partial charge in [0.05, 0.1) is 50.3 Å². The number of hydrogen-bond acceptors (Lipinski definition) is 10. The van der Waals surface area contributed by atoms with Crippen LogP contribution in [0.25, 0.3) is 0 Å². The van der Waals surface area contributed by atoms with E-state index in [1.807, 2.05) is 44.2 Å². The number of likely N-dealkylation sites (tertiary alicyclic amines) is 2. The Bertz CT molecular complexity index is 1630. The Labute approximate surface area is 355 Å². The molecule has 2 heterocycles. The van der Waals surface area contributed by atoms with Crippen molar-refractivity contribution in [3.63, 3.8) is 0 Å². The summed E-state index contributed by atoms with van der Waals surface area (Å²) in [6.45, 7) is 14.1. The van der Waals surface area contributed by atoms with Crippen molar-refractivity contribution in [3.05, 3.63) is 35.9 Å². The number of carbonyl (C=O) groups excluding carboxylic acids is 6. The molecule has 2 N–H and O–H groups in total. The van der Waals surface area contributed by atoms with Gasteiger partial charge in [0.15, 0.2) is 0 Å². The maximum Gasteiger partial charge on any atom is 0.410 e. The summed E-state index contributed by atoms with van der Waals surface area (Å²) in [5.74, 6) is -4.04. The first-order valence-corrected chi connectivity index (χ1v) is 21.1. The number of halogens is 1. The van der Waals surface area contributed by atoms with Gasteiger partial charge in [0.2, 0.25) is 23.4 Å². The van der Waals surface area contributed by atoms with E-state index in [2.05, 4.69) is 10.6 Å². The molecule has 16 heteroatoms. The first-order valence-electron chi connectivity index (χ1n) is 21.1. The van der Waals surface area contributed by atoms with Crippen molar-refractivity contribution in [1.29, 1.82) is 0 Å². The number of carbonyl (C=O) groups is 6. The van der Waals surface area contributed by atoms with Gasteiger partial charge in [0, 0.05) is 47.2 Å². The van der Waals surface area contributed by atoms with E-state index in [1.54, 1.807) is 53.5 Å². The summed E-state index contributed by atoms with van der Waals surface area (Å²) in [6.07, 6.45) is -0.403. The second-order valence-corrected chi connectivity index (χ2v) is 17.7. The van der Waals surface area contributed by atoms with Gasteiger partial charge in [-0.05, 0) is 51.0 Å². The van der Waals surface area contributed by atoms with E-state index in [4.69, 9.17) is 18.9 Å². The highest BCUT2D eigenvalue weighted by molar-refractivity contribution is 5.92. The van der Waals surface area contributed by atoms with Crippen molar-refractivity contribution in [1.82, 2.24) is 25.3 Å². The van der Waals surface area contributed by atoms with Crippen LogP contribution in [-0.2, 0) is 49.3 Å². The average molecular weight is 848 g/mol. The standard InChI is InChI=1S/C44H70FN5O10/c1-13-28(4)36(48(9)39(53)35(27(2)3)47-41(55)44(45)21-23-49(26-44)42(56)60-43(6,7)8)33(57-10)25-34(51)50-22-17-20-32(50)37(58-11)29(5)38(52)46-31(40(54)59-12)24-30-18-15-14-16-19-30/h14-16,18-19,27-29,31-33,35-37H,13,17,20-26H2,1-12H3,(H,46,52)(H,47,55)/t28-,29?,31-,32-,33+,35-,36-,37+,44-/m0/s1. The molecule has 2 fully saturated rings. The van der Waals surface area contributed by atoms with E-state index >= 15 is 4.39 Å². The topological polar surface area (TPSA) is 173 Å². The molecule has 0 radical (unpaired) electrons. The fourth-order valence-corrected chi connectivity index (χ4v) is 8.24. The Hall–Kier alpha value is -4.31. The minimum Gasteiger partial charge on any atom is -0.467 e. The molecule has 5 amide bonds. The molecule has 2 aliphatic heterocycles. The van der Waals surface area contributed by atoms with Crippen LogP contribution in [0.4, 0.5) is 9.18 Å². The maximum absolute atomic E-state index is 16.1. The normalized spacial score (nSPS) is 21.6. The summed E-state index contributed by atoms with van der Waals surface area (Å²) in [5.41, 5.74) is -2.36. The predicted octanol–water partition coefficient (Wildman–Crippen LogP) is 4.30. The summed E-state index contributed by atoms with van der Waals surface area (Å²) >= 11 is 0. The Morgan fingerprint density at radius 2 is 1.62 bits per heavy atom. The van der Waals surface area contributed by atoms with E-state index in [-0.39, 0.29) is 37.6 Å². The summed E-state index contributed by atoms with van der Waals surface area (Å²) in [5, 5.41) is 5.48. The highest BCUT2D eigenvalue weighted by atomic mass is 19.1. The largest absolute Gasteiger partial charge is 0.467 e. The molecule has 0 aliphatic carbocycles. The third kappa shape index (κ3) is 12.9. The minimum atomic E-state index is -2.42. The Morgan fingerprint density at radius 1 is 0.967 bits per heavy atom. The summed E-state index contributed by atoms with van der Waals surface area (Å²) in [4.78, 5) is 85.5. The molecule has 0 aromatic heterocycles.